The lowest BCUT2D eigenvalue weighted by Gasteiger charge is -1.99. The van der Waals surface area contributed by atoms with E-state index in [1.165, 1.54) is 13.0 Å². The van der Waals surface area contributed by atoms with Gasteiger partial charge in [0.2, 0.25) is 0 Å². The van der Waals surface area contributed by atoms with Crippen molar-refractivity contribution < 1.29 is 14.5 Å². The molecule has 7 heteroatoms. The van der Waals surface area contributed by atoms with E-state index in [1.807, 2.05) is 0 Å². The number of nitrogens with zero attached hydrogens (tertiary/aromatic N) is 2. The molecule has 0 N–H and O–H groups in total. The molecule has 6 nitrogen and oxygen atoms in total. The molecule has 0 saturated heterocycles. The van der Waals surface area contributed by atoms with E-state index in [1.54, 1.807) is 6.92 Å². The number of carbonyl (C=O) groups is 1. The molecule has 0 saturated carbocycles. The van der Waals surface area contributed by atoms with Crippen LogP contribution in [0.2, 0.25) is 5.15 Å². The van der Waals surface area contributed by atoms with Crippen LogP contribution in [0.15, 0.2) is 6.07 Å². The topological polar surface area (TPSA) is 82.3 Å². The third kappa shape index (κ3) is 3.43. The summed E-state index contributed by atoms with van der Waals surface area (Å²) < 4.78 is 4.59. The number of nitro groups is 1. The largest absolute Gasteiger partial charge is 0.456 e. The van der Waals surface area contributed by atoms with Gasteiger partial charge in [0.1, 0.15) is 10.8 Å². The second-order valence-corrected chi connectivity index (χ2v) is 3.52. The Morgan fingerprint density at radius 3 is 2.89 bits per heavy atom. The second-order valence-electron chi connectivity index (χ2n) is 3.16. The Labute approximate surface area is 108 Å². The number of halogens is 1. The fraction of sp³-hybridized carbons (Fsp3) is 0.273. The molecule has 0 aliphatic rings. The van der Waals surface area contributed by atoms with Gasteiger partial charge in [0.25, 0.3) is 5.69 Å². The van der Waals surface area contributed by atoms with Crippen LogP contribution < -0.4 is 0 Å². The van der Waals surface area contributed by atoms with E-state index in [4.69, 9.17) is 11.6 Å². The summed E-state index contributed by atoms with van der Waals surface area (Å²) in [5.41, 5.74) is 0.0984. The summed E-state index contributed by atoms with van der Waals surface area (Å²) in [6, 6.07) is 1.18. The van der Waals surface area contributed by atoms with Crippen LogP contribution in [-0.4, -0.2) is 22.5 Å². The third-order valence-electron chi connectivity index (χ3n) is 1.91. The van der Waals surface area contributed by atoms with Gasteiger partial charge >= 0.3 is 5.97 Å². The molecule has 0 aromatic carbocycles. The Hall–Kier alpha value is -2.13. The quantitative estimate of drug-likeness (QED) is 0.269. The van der Waals surface area contributed by atoms with Gasteiger partial charge in [-0.25, -0.2) is 9.78 Å². The number of pyridine rings is 1. The molecular weight excluding hydrogens is 260 g/mol. The van der Waals surface area contributed by atoms with Gasteiger partial charge < -0.3 is 4.74 Å². The standard InChI is InChI=1S/C11H9ClN2O4/c1-3-18-10(15)5-4-8-6-9(14(16)17)7(2)13-11(8)12/h6H,3H2,1-2H3. The fourth-order valence-corrected chi connectivity index (χ4v) is 1.35. The minimum atomic E-state index is -0.725. The Bertz CT molecular complexity index is 560. The zero-order valence-corrected chi connectivity index (χ0v) is 10.4. The molecule has 0 aliphatic carbocycles. The highest BCUT2D eigenvalue weighted by Crippen LogP contribution is 2.22. The van der Waals surface area contributed by atoms with Crippen molar-refractivity contribution in [2.45, 2.75) is 13.8 Å². The third-order valence-corrected chi connectivity index (χ3v) is 2.20. The highest BCUT2D eigenvalue weighted by molar-refractivity contribution is 6.30. The van der Waals surface area contributed by atoms with Crippen molar-refractivity contribution in [2.75, 3.05) is 6.61 Å². The average Bonchev–Trinajstić information content (AvgIpc) is 2.27. The molecule has 0 bridgehead atoms. The highest BCUT2D eigenvalue weighted by atomic mass is 35.5. The van der Waals surface area contributed by atoms with Crippen molar-refractivity contribution in [3.63, 3.8) is 0 Å². The predicted octanol–water partition coefficient (Wildman–Crippen LogP) is 1.87. The van der Waals surface area contributed by atoms with E-state index in [2.05, 4.69) is 21.6 Å². The van der Waals surface area contributed by atoms with Gasteiger partial charge in [-0.15, -0.1) is 0 Å². The van der Waals surface area contributed by atoms with Crippen molar-refractivity contribution >= 4 is 23.3 Å². The smallest absolute Gasteiger partial charge is 0.384 e. The van der Waals surface area contributed by atoms with Crippen molar-refractivity contribution in [1.82, 2.24) is 4.98 Å². The van der Waals surface area contributed by atoms with Gasteiger partial charge in [-0.05, 0) is 13.8 Å². The predicted molar refractivity (Wildman–Crippen MR) is 64.1 cm³/mol. The van der Waals surface area contributed by atoms with Gasteiger partial charge in [-0.2, -0.15) is 0 Å². The maximum atomic E-state index is 11.0. The SMILES string of the molecule is CCOC(=O)C#Cc1cc([N+](=O)[O-])c(C)nc1Cl. The van der Waals surface area contributed by atoms with Crippen molar-refractivity contribution in [3.8, 4) is 11.8 Å². The molecule has 1 aromatic rings. The molecule has 1 rings (SSSR count). The zero-order valence-electron chi connectivity index (χ0n) is 9.69. The molecule has 0 unspecified atom stereocenters. The number of aromatic nitrogens is 1. The number of aryl methyl sites for hydroxylation is 1. The van der Waals surface area contributed by atoms with Crippen LogP contribution in [0.4, 0.5) is 5.69 Å². The lowest BCUT2D eigenvalue weighted by atomic mass is 10.2. The summed E-state index contributed by atoms with van der Waals surface area (Å²) in [5.74, 6) is 3.84. The van der Waals surface area contributed by atoms with Crippen LogP contribution in [-0.2, 0) is 9.53 Å². The first-order valence-corrected chi connectivity index (χ1v) is 5.33. The first-order valence-electron chi connectivity index (χ1n) is 4.96. The average molecular weight is 269 g/mol. The van der Waals surface area contributed by atoms with E-state index in [0.717, 1.165) is 0 Å². The summed E-state index contributed by atoms with van der Waals surface area (Å²) in [7, 11) is 0. The molecule has 0 aliphatic heterocycles. The molecule has 1 aromatic heterocycles. The minimum Gasteiger partial charge on any atom is -0.456 e. The molecule has 0 radical (unpaired) electrons. The van der Waals surface area contributed by atoms with E-state index in [9.17, 15) is 14.9 Å². The molecule has 1 heterocycles. The maximum Gasteiger partial charge on any atom is 0.384 e. The van der Waals surface area contributed by atoms with Gasteiger partial charge in [-0.3, -0.25) is 10.1 Å². The Morgan fingerprint density at radius 2 is 2.33 bits per heavy atom. The number of rotatable bonds is 2. The Morgan fingerprint density at radius 1 is 1.67 bits per heavy atom. The monoisotopic (exact) mass is 268 g/mol. The normalized spacial score (nSPS) is 9.28. The van der Waals surface area contributed by atoms with Gasteiger partial charge in [-0.1, -0.05) is 17.5 Å². The molecule has 0 fully saturated rings. The molecule has 0 atom stereocenters. The Balaban J connectivity index is 3.13. The minimum absolute atomic E-state index is 0.00917. The summed E-state index contributed by atoms with van der Waals surface area (Å²) in [6.45, 7) is 3.31. The first-order chi connectivity index (χ1) is 8.45. The van der Waals surface area contributed by atoms with E-state index in [-0.39, 0.29) is 28.7 Å². The first kappa shape index (κ1) is 13.9. The highest BCUT2D eigenvalue weighted by Gasteiger charge is 2.15. The Kier molecular flexibility index (Phi) is 4.63. The fourth-order valence-electron chi connectivity index (χ4n) is 1.12. The van der Waals surface area contributed by atoms with Crippen LogP contribution >= 0.6 is 11.6 Å². The number of carbonyl (C=O) groups excluding carboxylic acids is 1. The van der Waals surface area contributed by atoms with Crippen LogP contribution in [0, 0.1) is 28.9 Å². The maximum absolute atomic E-state index is 11.0. The lowest BCUT2D eigenvalue weighted by molar-refractivity contribution is -0.385. The number of esters is 1. The number of hydrogen-bond donors (Lipinski definition) is 0. The molecule has 0 spiro atoms. The summed E-state index contributed by atoms with van der Waals surface area (Å²) in [6.07, 6.45) is 0. The van der Waals surface area contributed by atoms with Crippen LogP contribution in [0.25, 0.3) is 0 Å². The molecular formula is C11H9ClN2O4. The van der Waals surface area contributed by atoms with E-state index in [0.29, 0.717) is 0 Å². The molecule has 94 valence electrons. The van der Waals surface area contributed by atoms with Crippen LogP contribution in [0.1, 0.15) is 18.2 Å². The van der Waals surface area contributed by atoms with Gasteiger partial charge in [0.15, 0.2) is 0 Å². The summed E-state index contributed by atoms with van der Waals surface area (Å²) in [5, 5.41) is 10.7. The number of hydrogen-bond acceptors (Lipinski definition) is 5. The number of ether oxygens (including phenoxy) is 1. The van der Waals surface area contributed by atoms with Crippen molar-refractivity contribution in [2.24, 2.45) is 0 Å². The van der Waals surface area contributed by atoms with Crippen LogP contribution in [0.5, 0.6) is 0 Å². The van der Waals surface area contributed by atoms with Crippen LogP contribution in [0.3, 0.4) is 0 Å². The molecule has 0 amide bonds. The van der Waals surface area contributed by atoms with Crippen molar-refractivity contribution in [3.05, 3.63) is 32.6 Å². The summed E-state index contributed by atoms with van der Waals surface area (Å²) >= 11 is 5.78. The summed E-state index contributed by atoms with van der Waals surface area (Å²) in [4.78, 5) is 24.9. The van der Waals surface area contributed by atoms with E-state index >= 15 is 0 Å². The van der Waals surface area contributed by atoms with E-state index < -0.39 is 10.9 Å². The van der Waals surface area contributed by atoms with Gasteiger partial charge in [0, 0.05) is 12.0 Å². The van der Waals surface area contributed by atoms with Gasteiger partial charge in [0.05, 0.1) is 17.1 Å². The lowest BCUT2D eigenvalue weighted by Crippen LogP contribution is -2.00. The molecule has 18 heavy (non-hydrogen) atoms. The zero-order chi connectivity index (χ0) is 13.7. The second kappa shape index (κ2) is 5.98. The van der Waals surface area contributed by atoms with Crippen molar-refractivity contribution in [1.29, 1.82) is 0 Å².